The Bertz CT molecular complexity index is 471. The second-order valence-corrected chi connectivity index (χ2v) is 4.83. The lowest BCUT2D eigenvalue weighted by Gasteiger charge is -2.13. The van der Waals surface area contributed by atoms with Crippen LogP contribution in [0.5, 0.6) is 5.75 Å². The summed E-state index contributed by atoms with van der Waals surface area (Å²) in [4.78, 5) is 0. The van der Waals surface area contributed by atoms with Crippen LogP contribution >= 0.6 is 28.1 Å². The van der Waals surface area contributed by atoms with Gasteiger partial charge in [0.1, 0.15) is 5.75 Å². The Hall–Kier alpha value is -1.06. The molecule has 112 valence electrons. The molecular weight excluding hydrogens is 361 g/mol. The number of hydrogen-bond acceptors (Lipinski definition) is 3. The van der Waals surface area contributed by atoms with Crippen molar-refractivity contribution in [3.05, 3.63) is 22.7 Å². The Morgan fingerprint density at radius 2 is 2.10 bits per heavy atom. The maximum atomic E-state index is 12.1. The van der Waals surface area contributed by atoms with E-state index in [4.69, 9.17) is 17.0 Å². The number of thiocarbonyl (C=S) groups is 1. The van der Waals surface area contributed by atoms with Gasteiger partial charge in [0.05, 0.1) is 11.1 Å². The monoisotopic (exact) mass is 372 g/mol. The van der Waals surface area contributed by atoms with Crippen LogP contribution in [0.25, 0.3) is 0 Å². The fourth-order valence-electron chi connectivity index (χ4n) is 1.23. The highest BCUT2D eigenvalue weighted by Gasteiger charge is 2.31. The number of rotatable bonds is 5. The second-order valence-electron chi connectivity index (χ2n) is 3.57. The molecule has 0 aliphatic rings. The van der Waals surface area contributed by atoms with Crippen LogP contribution in [0.15, 0.2) is 22.7 Å². The Kier molecular flexibility index (Phi) is 6.50. The topological polar surface area (TPSA) is 42.5 Å². The Labute approximate surface area is 127 Å². The molecule has 0 aliphatic carbocycles. The molecule has 1 rings (SSSR count). The summed E-state index contributed by atoms with van der Waals surface area (Å²) in [5.74, 6) is -0.318. The number of nitrogens with one attached hydrogen (secondary N) is 2. The van der Waals surface area contributed by atoms with Gasteiger partial charge in [-0.05, 0) is 46.3 Å². The van der Waals surface area contributed by atoms with E-state index in [0.717, 1.165) is 0 Å². The first-order valence-corrected chi connectivity index (χ1v) is 6.61. The zero-order valence-electron chi connectivity index (χ0n) is 10.4. The quantitative estimate of drug-likeness (QED) is 0.613. The third-order valence-electron chi connectivity index (χ3n) is 2.01. The average Bonchev–Trinajstić information content (AvgIpc) is 2.31. The van der Waals surface area contributed by atoms with E-state index in [1.165, 1.54) is 18.2 Å². The lowest BCUT2D eigenvalue weighted by molar-refractivity contribution is -0.274. The van der Waals surface area contributed by atoms with Gasteiger partial charge in [0.2, 0.25) is 0 Å². The molecule has 2 N–H and O–H groups in total. The van der Waals surface area contributed by atoms with Crippen LogP contribution < -0.4 is 15.4 Å². The molecule has 0 atom stereocenters. The van der Waals surface area contributed by atoms with Crippen molar-refractivity contribution in [3.8, 4) is 5.75 Å². The van der Waals surface area contributed by atoms with Gasteiger partial charge in [-0.2, -0.15) is 0 Å². The van der Waals surface area contributed by atoms with Crippen molar-refractivity contribution in [1.82, 2.24) is 5.32 Å². The van der Waals surface area contributed by atoms with Gasteiger partial charge < -0.3 is 20.1 Å². The van der Waals surface area contributed by atoms with Crippen LogP contribution in [0.4, 0.5) is 18.9 Å². The summed E-state index contributed by atoms with van der Waals surface area (Å²) in [5.41, 5.74) is 0.529. The molecule has 0 spiro atoms. The lowest BCUT2D eigenvalue weighted by atomic mass is 10.3. The maximum Gasteiger partial charge on any atom is 0.573 e. The van der Waals surface area contributed by atoms with Crippen molar-refractivity contribution in [2.75, 3.05) is 25.6 Å². The van der Waals surface area contributed by atoms with Gasteiger partial charge in [-0.3, -0.25) is 0 Å². The highest BCUT2D eigenvalue weighted by Crippen LogP contribution is 2.32. The zero-order valence-corrected chi connectivity index (χ0v) is 12.8. The molecule has 0 amide bonds. The van der Waals surface area contributed by atoms with Crippen molar-refractivity contribution in [3.63, 3.8) is 0 Å². The number of hydrogen-bond donors (Lipinski definition) is 2. The van der Waals surface area contributed by atoms with Crippen LogP contribution in [-0.4, -0.2) is 31.7 Å². The van der Waals surface area contributed by atoms with Gasteiger partial charge in [-0.15, -0.1) is 13.2 Å². The minimum Gasteiger partial charge on any atom is -0.405 e. The molecule has 1 aromatic carbocycles. The fraction of sp³-hybridized carbons (Fsp3) is 0.364. The molecule has 1 aromatic rings. The zero-order chi connectivity index (χ0) is 15.2. The minimum atomic E-state index is -4.73. The SMILES string of the molecule is COCCNC(=S)Nc1ccc(OC(F)(F)F)c(Br)c1. The standard InChI is InChI=1S/C11H12BrF3N2O2S/c1-18-5-4-16-10(20)17-7-2-3-9(8(12)6-7)19-11(13,14)15/h2-3,6H,4-5H2,1H3,(H2,16,17,20). The van der Waals surface area contributed by atoms with E-state index in [0.29, 0.717) is 24.0 Å². The first kappa shape index (κ1) is 17.0. The molecule has 20 heavy (non-hydrogen) atoms. The van der Waals surface area contributed by atoms with E-state index in [1.807, 2.05) is 0 Å². The largest absolute Gasteiger partial charge is 0.573 e. The van der Waals surface area contributed by atoms with Crippen molar-refractivity contribution >= 4 is 38.9 Å². The predicted octanol–water partition coefficient (Wildman–Crippen LogP) is 3.28. The van der Waals surface area contributed by atoms with Crippen molar-refractivity contribution in [2.24, 2.45) is 0 Å². The number of alkyl halides is 3. The summed E-state index contributed by atoms with van der Waals surface area (Å²) in [5, 5.41) is 6.05. The first-order valence-electron chi connectivity index (χ1n) is 5.41. The molecule has 0 aromatic heterocycles. The summed E-state index contributed by atoms with van der Waals surface area (Å²) in [6.45, 7) is 1.02. The van der Waals surface area contributed by atoms with E-state index in [9.17, 15) is 13.2 Å². The second kappa shape index (κ2) is 7.65. The normalized spacial score (nSPS) is 11.1. The molecule has 0 saturated heterocycles. The highest BCUT2D eigenvalue weighted by molar-refractivity contribution is 9.10. The van der Waals surface area contributed by atoms with Gasteiger partial charge in [-0.25, -0.2) is 0 Å². The van der Waals surface area contributed by atoms with E-state index in [2.05, 4.69) is 31.3 Å². The van der Waals surface area contributed by atoms with Gasteiger partial charge in [-0.1, -0.05) is 0 Å². The van der Waals surface area contributed by atoms with Crippen molar-refractivity contribution in [2.45, 2.75) is 6.36 Å². The predicted molar refractivity (Wildman–Crippen MR) is 76.9 cm³/mol. The van der Waals surface area contributed by atoms with Crippen LogP contribution in [0.2, 0.25) is 0 Å². The molecule has 0 bridgehead atoms. The number of methoxy groups -OCH3 is 1. The van der Waals surface area contributed by atoms with E-state index in [-0.39, 0.29) is 10.2 Å². The summed E-state index contributed by atoms with van der Waals surface area (Å²) in [7, 11) is 1.56. The summed E-state index contributed by atoms with van der Waals surface area (Å²) in [6.07, 6.45) is -4.73. The van der Waals surface area contributed by atoms with Crippen LogP contribution in [-0.2, 0) is 4.74 Å². The Morgan fingerprint density at radius 3 is 2.65 bits per heavy atom. The maximum absolute atomic E-state index is 12.1. The molecule has 4 nitrogen and oxygen atoms in total. The fourth-order valence-corrected chi connectivity index (χ4v) is 1.91. The Morgan fingerprint density at radius 1 is 1.40 bits per heavy atom. The van der Waals surface area contributed by atoms with E-state index in [1.54, 1.807) is 7.11 Å². The molecule has 0 heterocycles. The molecule has 0 aliphatic heterocycles. The summed E-state index contributed by atoms with van der Waals surface area (Å²) in [6, 6.07) is 4.05. The third-order valence-corrected chi connectivity index (χ3v) is 2.87. The molecular formula is C11H12BrF3N2O2S. The summed E-state index contributed by atoms with van der Waals surface area (Å²) < 4.78 is 45.2. The summed E-state index contributed by atoms with van der Waals surface area (Å²) >= 11 is 8.01. The number of benzene rings is 1. The number of ether oxygens (including phenoxy) is 2. The van der Waals surface area contributed by atoms with Gasteiger partial charge in [0.15, 0.2) is 5.11 Å². The van der Waals surface area contributed by atoms with Crippen molar-refractivity contribution < 1.29 is 22.6 Å². The van der Waals surface area contributed by atoms with Crippen LogP contribution in [0, 0.1) is 0 Å². The lowest BCUT2D eigenvalue weighted by Crippen LogP contribution is -2.31. The van der Waals surface area contributed by atoms with E-state index >= 15 is 0 Å². The van der Waals surface area contributed by atoms with Crippen LogP contribution in [0.3, 0.4) is 0 Å². The number of halogens is 4. The first-order chi connectivity index (χ1) is 9.31. The van der Waals surface area contributed by atoms with E-state index < -0.39 is 6.36 Å². The minimum absolute atomic E-state index is 0.166. The van der Waals surface area contributed by atoms with Gasteiger partial charge in [0, 0.05) is 19.3 Å². The van der Waals surface area contributed by atoms with Gasteiger partial charge in [0.25, 0.3) is 0 Å². The molecule has 0 fully saturated rings. The molecule has 0 radical (unpaired) electrons. The smallest absolute Gasteiger partial charge is 0.405 e. The van der Waals surface area contributed by atoms with Crippen molar-refractivity contribution in [1.29, 1.82) is 0 Å². The van der Waals surface area contributed by atoms with Gasteiger partial charge >= 0.3 is 6.36 Å². The molecule has 0 unspecified atom stereocenters. The third kappa shape index (κ3) is 6.40. The number of anilines is 1. The highest BCUT2D eigenvalue weighted by atomic mass is 79.9. The molecule has 9 heteroatoms. The molecule has 0 saturated carbocycles. The van der Waals surface area contributed by atoms with Crippen LogP contribution in [0.1, 0.15) is 0 Å². The average molecular weight is 373 g/mol. The Balaban J connectivity index is 2.61.